The second-order valence-corrected chi connectivity index (χ2v) is 6.56. The Labute approximate surface area is 130 Å². The quantitative estimate of drug-likeness (QED) is 0.654. The highest BCUT2D eigenvalue weighted by molar-refractivity contribution is 5.82. The number of aromatic nitrogens is 2. The van der Waals surface area contributed by atoms with Gasteiger partial charge in [-0.2, -0.15) is 0 Å². The third-order valence-electron chi connectivity index (χ3n) is 4.60. The number of rotatable bonds is 1. The molecular formula is C19H18N2O. The van der Waals surface area contributed by atoms with Crippen molar-refractivity contribution in [3.05, 3.63) is 59.0 Å². The van der Waals surface area contributed by atoms with E-state index in [1.54, 1.807) is 0 Å². The summed E-state index contributed by atoms with van der Waals surface area (Å²) in [7, 11) is 0. The summed E-state index contributed by atoms with van der Waals surface area (Å²) in [6.45, 7) is 8.51. The van der Waals surface area contributed by atoms with E-state index in [4.69, 9.17) is 4.42 Å². The molecule has 1 aromatic heterocycles. The molecule has 3 heteroatoms. The lowest BCUT2D eigenvalue weighted by molar-refractivity contribution is 0.532. The average molecular weight is 290 g/mol. The maximum atomic E-state index is 5.57. The first-order valence-electron chi connectivity index (χ1n) is 7.53. The Balaban J connectivity index is 1.93. The van der Waals surface area contributed by atoms with Gasteiger partial charge in [-0.25, -0.2) is 0 Å². The van der Waals surface area contributed by atoms with Crippen molar-refractivity contribution >= 4 is 0 Å². The van der Waals surface area contributed by atoms with E-state index in [1.807, 2.05) is 6.92 Å². The van der Waals surface area contributed by atoms with Crippen molar-refractivity contribution < 1.29 is 4.42 Å². The largest absolute Gasteiger partial charge is 0.421 e. The van der Waals surface area contributed by atoms with Crippen LogP contribution in [-0.2, 0) is 5.41 Å². The molecule has 1 heterocycles. The molecule has 0 fully saturated rings. The van der Waals surface area contributed by atoms with E-state index in [-0.39, 0.29) is 5.41 Å². The monoisotopic (exact) mass is 290 g/mol. The van der Waals surface area contributed by atoms with E-state index >= 15 is 0 Å². The molecule has 110 valence electrons. The van der Waals surface area contributed by atoms with E-state index in [0.717, 1.165) is 5.56 Å². The third kappa shape index (κ3) is 1.75. The van der Waals surface area contributed by atoms with E-state index < -0.39 is 0 Å². The van der Waals surface area contributed by atoms with Crippen LogP contribution in [0.5, 0.6) is 0 Å². The van der Waals surface area contributed by atoms with Crippen LogP contribution in [0.25, 0.3) is 22.6 Å². The van der Waals surface area contributed by atoms with E-state index in [9.17, 15) is 0 Å². The minimum absolute atomic E-state index is 0.0121. The Bertz CT molecular complexity index is 890. The Morgan fingerprint density at radius 2 is 1.55 bits per heavy atom. The topological polar surface area (TPSA) is 38.9 Å². The SMILES string of the molecule is Cc1ccc2c(c1)C(C)(C)c1cc(-c3nnc(C)o3)ccc1-2. The number of hydrogen-bond acceptors (Lipinski definition) is 3. The summed E-state index contributed by atoms with van der Waals surface area (Å²) in [5.41, 5.74) is 7.62. The molecule has 3 nitrogen and oxygen atoms in total. The normalized spacial score (nSPS) is 14.7. The maximum Gasteiger partial charge on any atom is 0.247 e. The molecule has 0 amide bonds. The third-order valence-corrected chi connectivity index (χ3v) is 4.60. The zero-order valence-corrected chi connectivity index (χ0v) is 13.3. The van der Waals surface area contributed by atoms with Gasteiger partial charge in [0, 0.05) is 17.9 Å². The molecule has 0 N–H and O–H groups in total. The average Bonchev–Trinajstić information content (AvgIpc) is 3.01. The molecule has 0 saturated carbocycles. The second-order valence-electron chi connectivity index (χ2n) is 6.56. The number of hydrogen-bond donors (Lipinski definition) is 0. The fraction of sp³-hybridized carbons (Fsp3) is 0.263. The van der Waals surface area contributed by atoms with Gasteiger partial charge in [0.05, 0.1) is 0 Å². The zero-order valence-electron chi connectivity index (χ0n) is 13.3. The molecule has 0 saturated heterocycles. The first-order valence-corrected chi connectivity index (χ1v) is 7.53. The van der Waals surface area contributed by atoms with Crippen LogP contribution in [0.2, 0.25) is 0 Å². The fourth-order valence-electron chi connectivity index (χ4n) is 3.40. The molecule has 2 aromatic carbocycles. The molecule has 0 unspecified atom stereocenters. The highest BCUT2D eigenvalue weighted by Crippen LogP contribution is 2.49. The number of aryl methyl sites for hydroxylation is 2. The molecule has 4 rings (SSSR count). The van der Waals surface area contributed by atoms with Gasteiger partial charge in [-0.05, 0) is 41.3 Å². The smallest absolute Gasteiger partial charge is 0.247 e. The summed E-state index contributed by atoms with van der Waals surface area (Å²) >= 11 is 0. The molecule has 0 aliphatic heterocycles. The van der Waals surface area contributed by atoms with Gasteiger partial charge in [0.1, 0.15) is 0 Å². The predicted molar refractivity (Wildman–Crippen MR) is 86.8 cm³/mol. The van der Waals surface area contributed by atoms with Crippen molar-refractivity contribution in [3.8, 4) is 22.6 Å². The fourth-order valence-corrected chi connectivity index (χ4v) is 3.40. The molecular weight excluding hydrogens is 272 g/mol. The Morgan fingerprint density at radius 1 is 0.864 bits per heavy atom. The lowest BCUT2D eigenvalue weighted by atomic mass is 9.81. The summed E-state index contributed by atoms with van der Waals surface area (Å²) in [5.74, 6) is 1.18. The van der Waals surface area contributed by atoms with Crippen molar-refractivity contribution in [1.29, 1.82) is 0 Å². The Hall–Kier alpha value is -2.42. The van der Waals surface area contributed by atoms with Crippen molar-refractivity contribution in [2.45, 2.75) is 33.1 Å². The first-order chi connectivity index (χ1) is 10.5. The first kappa shape index (κ1) is 13.3. The molecule has 0 bridgehead atoms. The molecule has 1 aliphatic carbocycles. The van der Waals surface area contributed by atoms with Gasteiger partial charge in [0.25, 0.3) is 0 Å². The highest BCUT2D eigenvalue weighted by Gasteiger charge is 2.35. The van der Waals surface area contributed by atoms with E-state index in [1.165, 1.54) is 27.8 Å². The van der Waals surface area contributed by atoms with Crippen LogP contribution in [0.15, 0.2) is 40.8 Å². The summed E-state index contributed by atoms with van der Waals surface area (Å²) in [6.07, 6.45) is 0. The lowest BCUT2D eigenvalue weighted by Crippen LogP contribution is -2.15. The predicted octanol–water partition coefficient (Wildman–Crippen LogP) is 4.66. The molecule has 0 atom stereocenters. The van der Waals surface area contributed by atoms with Gasteiger partial charge in [0.2, 0.25) is 11.8 Å². The Morgan fingerprint density at radius 3 is 2.23 bits per heavy atom. The molecule has 3 aromatic rings. The summed E-state index contributed by atoms with van der Waals surface area (Å²) in [4.78, 5) is 0. The van der Waals surface area contributed by atoms with Gasteiger partial charge in [0.15, 0.2) is 0 Å². The van der Waals surface area contributed by atoms with E-state index in [2.05, 4.69) is 67.4 Å². The van der Waals surface area contributed by atoms with Crippen LogP contribution in [0.4, 0.5) is 0 Å². The standard InChI is InChI=1S/C19H18N2O/c1-11-5-7-14-15-8-6-13(18-21-20-12(2)22-18)10-17(15)19(3,4)16(14)9-11/h5-10H,1-4H3. The van der Waals surface area contributed by atoms with Crippen LogP contribution in [-0.4, -0.2) is 10.2 Å². The molecule has 0 radical (unpaired) electrons. The van der Waals surface area contributed by atoms with Crippen molar-refractivity contribution in [2.75, 3.05) is 0 Å². The van der Waals surface area contributed by atoms with E-state index in [0.29, 0.717) is 11.8 Å². The van der Waals surface area contributed by atoms with Gasteiger partial charge in [-0.1, -0.05) is 43.7 Å². The zero-order chi connectivity index (χ0) is 15.5. The second kappa shape index (κ2) is 4.29. The van der Waals surface area contributed by atoms with Gasteiger partial charge in [-0.3, -0.25) is 0 Å². The number of benzene rings is 2. The van der Waals surface area contributed by atoms with Gasteiger partial charge < -0.3 is 4.42 Å². The van der Waals surface area contributed by atoms with Crippen molar-refractivity contribution in [2.24, 2.45) is 0 Å². The number of fused-ring (bicyclic) bond motifs is 3. The molecule has 22 heavy (non-hydrogen) atoms. The van der Waals surface area contributed by atoms with Crippen LogP contribution >= 0.6 is 0 Å². The van der Waals surface area contributed by atoms with Crippen LogP contribution in [0.3, 0.4) is 0 Å². The minimum atomic E-state index is -0.0121. The van der Waals surface area contributed by atoms with Gasteiger partial charge in [-0.15, -0.1) is 10.2 Å². The van der Waals surface area contributed by atoms with Crippen LogP contribution in [0.1, 0.15) is 36.4 Å². The highest BCUT2D eigenvalue weighted by atomic mass is 16.4. The van der Waals surface area contributed by atoms with Gasteiger partial charge >= 0.3 is 0 Å². The molecule has 0 spiro atoms. The van der Waals surface area contributed by atoms with Crippen molar-refractivity contribution in [1.82, 2.24) is 10.2 Å². The summed E-state index contributed by atoms with van der Waals surface area (Å²) in [5, 5.41) is 8.06. The molecule has 1 aliphatic rings. The van der Waals surface area contributed by atoms with Crippen LogP contribution < -0.4 is 0 Å². The summed E-state index contributed by atoms with van der Waals surface area (Å²) < 4.78 is 5.57. The Kier molecular flexibility index (Phi) is 2.59. The van der Waals surface area contributed by atoms with Crippen LogP contribution in [0, 0.1) is 13.8 Å². The minimum Gasteiger partial charge on any atom is -0.421 e. The van der Waals surface area contributed by atoms with Crippen molar-refractivity contribution in [3.63, 3.8) is 0 Å². The number of nitrogens with zero attached hydrogens (tertiary/aromatic N) is 2. The maximum absolute atomic E-state index is 5.57. The lowest BCUT2D eigenvalue weighted by Gasteiger charge is -2.22. The summed E-state index contributed by atoms with van der Waals surface area (Å²) in [6, 6.07) is 13.1.